The third kappa shape index (κ3) is 4.70. The van der Waals surface area contributed by atoms with E-state index in [-0.39, 0.29) is 18.4 Å². The molecule has 0 aliphatic carbocycles. The number of aromatic nitrogens is 2. The first kappa shape index (κ1) is 16.2. The molecule has 3 N–H and O–H groups in total. The van der Waals surface area contributed by atoms with Crippen LogP contribution in [0.1, 0.15) is 36.9 Å². The minimum absolute atomic E-state index is 0.0746. The van der Waals surface area contributed by atoms with Gasteiger partial charge in [-0.15, -0.1) is 0 Å². The lowest BCUT2D eigenvalue weighted by atomic mass is 9.99. The van der Waals surface area contributed by atoms with Crippen molar-refractivity contribution in [2.45, 2.75) is 32.2 Å². The summed E-state index contributed by atoms with van der Waals surface area (Å²) in [6, 6.07) is 7.93. The molecular weight excluding hydrogens is 300 g/mol. The minimum atomic E-state index is -0.335. The molecular formula is C16H19ClN4O. The standard InChI is InChI=1S/C16H19ClN4O/c1-2-4-13(20-16-10-19-9-14(17)21-16)12-6-3-5-11(7-12)8-15(18)22/h3,5-7,9-10,13H,2,4,8H2,1H3,(H2,18,22)(H,20,21). The Kier molecular flexibility index (Phi) is 5.72. The zero-order valence-corrected chi connectivity index (χ0v) is 13.2. The maximum atomic E-state index is 11.1. The Balaban J connectivity index is 2.21. The lowest BCUT2D eigenvalue weighted by Gasteiger charge is -2.19. The van der Waals surface area contributed by atoms with E-state index in [1.54, 1.807) is 6.20 Å². The molecule has 1 amide bonds. The number of nitrogens with zero attached hydrogens (tertiary/aromatic N) is 2. The van der Waals surface area contributed by atoms with Crippen LogP contribution in [0.5, 0.6) is 0 Å². The van der Waals surface area contributed by atoms with Crippen molar-refractivity contribution in [2.75, 3.05) is 5.32 Å². The fourth-order valence-electron chi connectivity index (χ4n) is 2.32. The molecule has 0 aliphatic rings. The Bertz CT molecular complexity index is 648. The molecule has 1 unspecified atom stereocenters. The molecule has 0 radical (unpaired) electrons. The van der Waals surface area contributed by atoms with Gasteiger partial charge in [0.15, 0.2) is 0 Å². The molecule has 0 aliphatic heterocycles. The summed E-state index contributed by atoms with van der Waals surface area (Å²) in [5.74, 6) is 0.295. The zero-order chi connectivity index (χ0) is 15.9. The van der Waals surface area contributed by atoms with Crippen LogP contribution in [0.2, 0.25) is 5.15 Å². The summed E-state index contributed by atoms with van der Waals surface area (Å²) in [6.45, 7) is 2.12. The van der Waals surface area contributed by atoms with Crippen molar-refractivity contribution in [3.63, 3.8) is 0 Å². The molecule has 1 atom stereocenters. The Morgan fingerprint density at radius 3 is 2.91 bits per heavy atom. The number of anilines is 1. The maximum Gasteiger partial charge on any atom is 0.221 e. The molecule has 2 aromatic rings. The highest BCUT2D eigenvalue weighted by Gasteiger charge is 2.12. The molecule has 0 saturated heterocycles. The van der Waals surface area contributed by atoms with E-state index in [1.807, 2.05) is 24.3 Å². The van der Waals surface area contributed by atoms with E-state index in [0.29, 0.717) is 11.0 Å². The molecule has 2 rings (SSSR count). The van der Waals surface area contributed by atoms with Crippen molar-refractivity contribution in [1.29, 1.82) is 0 Å². The van der Waals surface area contributed by atoms with Crippen LogP contribution >= 0.6 is 11.6 Å². The number of amides is 1. The van der Waals surface area contributed by atoms with E-state index in [4.69, 9.17) is 17.3 Å². The van der Waals surface area contributed by atoms with Crippen LogP contribution in [-0.2, 0) is 11.2 Å². The first-order valence-corrected chi connectivity index (χ1v) is 7.57. The number of hydrogen-bond acceptors (Lipinski definition) is 4. The van der Waals surface area contributed by atoms with Crippen molar-refractivity contribution in [2.24, 2.45) is 5.73 Å². The summed E-state index contributed by atoms with van der Waals surface area (Å²) in [7, 11) is 0. The number of primary amides is 1. The smallest absolute Gasteiger partial charge is 0.221 e. The first-order chi connectivity index (χ1) is 10.6. The van der Waals surface area contributed by atoms with Crippen molar-refractivity contribution in [1.82, 2.24) is 9.97 Å². The van der Waals surface area contributed by atoms with E-state index in [1.165, 1.54) is 6.20 Å². The highest BCUT2D eigenvalue weighted by atomic mass is 35.5. The molecule has 116 valence electrons. The SMILES string of the molecule is CCCC(Nc1cncc(Cl)n1)c1cccc(CC(N)=O)c1. The highest BCUT2D eigenvalue weighted by molar-refractivity contribution is 6.29. The Hall–Kier alpha value is -2.14. The number of halogens is 1. The van der Waals surface area contributed by atoms with E-state index in [9.17, 15) is 4.79 Å². The van der Waals surface area contributed by atoms with Gasteiger partial charge in [0.2, 0.25) is 5.91 Å². The van der Waals surface area contributed by atoms with Crippen molar-refractivity contribution >= 4 is 23.3 Å². The quantitative estimate of drug-likeness (QED) is 0.822. The molecule has 0 spiro atoms. The highest BCUT2D eigenvalue weighted by Crippen LogP contribution is 2.24. The summed E-state index contributed by atoms with van der Waals surface area (Å²) in [5.41, 5.74) is 7.26. The van der Waals surface area contributed by atoms with Crippen LogP contribution in [0.25, 0.3) is 0 Å². The molecule has 6 heteroatoms. The van der Waals surface area contributed by atoms with Gasteiger partial charge in [0.1, 0.15) is 11.0 Å². The minimum Gasteiger partial charge on any atom is -0.369 e. The normalized spacial score (nSPS) is 11.9. The summed E-state index contributed by atoms with van der Waals surface area (Å²) < 4.78 is 0. The molecule has 0 saturated carbocycles. The number of carbonyl (C=O) groups excluding carboxylic acids is 1. The van der Waals surface area contributed by atoms with Gasteiger partial charge in [-0.3, -0.25) is 9.78 Å². The van der Waals surface area contributed by atoms with E-state index in [2.05, 4.69) is 22.2 Å². The molecule has 1 aromatic carbocycles. The van der Waals surface area contributed by atoms with Gasteiger partial charge in [-0.05, 0) is 17.5 Å². The Morgan fingerprint density at radius 2 is 2.23 bits per heavy atom. The molecule has 22 heavy (non-hydrogen) atoms. The van der Waals surface area contributed by atoms with Crippen molar-refractivity contribution in [3.8, 4) is 0 Å². The lowest BCUT2D eigenvalue weighted by molar-refractivity contribution is -0.117. The maximum absolute atomic E-state index is 11.1. The van der Waals surface area contributed by atoms with Gasteiger partial charge < -0.3 is 11.1 Å². The fourth-order valence-corrected chi connectivity index (χ4v) is 2.47. The lowest BCUT2D eigenvalue weighted by Crippen LogP contribution is -2.15. The molecule has 0 bridgehead atoms. The fraction of sp³-hybridized carbons (Fsp3) is 0.312. The average Bonchev–Trinajstić information content (AvgIpc) is 2.46. The number of nitrogens with one attached hydrogen (secondary N) is 1. The molecule has 0 fully saturated rings. The van der Waals surface area contributed by atoms with Crippen LogP contribution in [0.4, 0.5) is 5.82 Å². The summed E-state index contributed by atoms with van der Waals surface area (Å²) in [6.07, 6.45) is 5.31. The third-order valence-electron chi connectivity index (χ3n) is 3.24. The number of rotatable bonds is 7. The van der Waals surface area contributed by atoms with Gasteiger partial charge in [-0.25, -0.2) is 4.98 Å². The van der Waals surface area contributed by atoms with Gasteiger partial charge in [0.05, 0.1) is 24.9 Å². The summed E-state index contributed by atoms with van der Waals surface area (Å²) >= 11 is 5.87. The van der Waals surface area contributed by atoms with Gasteiger partial charge in [0, 0.05) is 0 Å². The summed E-state index contributed by atoms with van der Waals surface area (Å²) in [4.78, 5) is 19.3. The second-order valence-electron chi connectivity index (χ2n) is 5.10. The van der Waals surface area contributed by atoms with E-state index >= 15 is 0 Å². The predicted octanol–water partition coefficient (Wildman–Crippen LogP) is 3.11. The average molecular weight is 319 g/mol. The van der Waals surface area contributed by atoms with Crippen LogP contribution in [0.3, 0.4) is 0 Å². The number of benzene rings is 1. The second-order valence-corrected chi connectivity index (χ2v) is 5.49. The van der Waals surface area contributed by atoms with E-state index in [0.717, 1.165) is 24.0 Å². The largest absolute Gasteiger partial charge is 0.369 e. The molecule has 1 heterocycles. The Morgan fingerprint density at radius 1 is 1.41 bits per heavy atom. The first-order valence-electron chi connectivity index (χ1n) is 7.19. The van der Waals surface area contributed by atoms with Gasteiger partial charge in [-0.1, -0.05) is 49.2 Å². The van der Waals surface area contributed by atoms with Gasteiger partial charge in [-0.2, -0.15) is 0 Å². The number of nitrogens with two attached hydrogens (primary N) is 1. The van der Waals surface area contributed by atoms with E-state index < -0.39 is 0 Å². The zero-order valence-electron chi connectivity index (χ0n) is 12.4. The second kappa shape index (κ2) is 7.75. The number of carbonyl (C=O) groups is 1. The monoisotopic (exact) mass is 318 g/mol. The van der Waals surface area contributed by atoms with Crippen LogP contribution in [0, 0.1) is 0 Å². The predicted molar refractivity (Wildman–Crippen MR) is 87.7 cm³/mol. The van der Waals surface area contributed by atoms with Gasteiger partial charge in [0.25, 0.3) is 0 Å². The van der Waals surface area contributed by atoms with Crippen molar-refractivity contribution < 1.29 is 4.79 Å². The molecule has 5 nitrogen and oxygen atoms in total. The van der Waals surface area contributed by atoms with Crippen LogP contribution in [-0.4, -0.2) is 15.9 Å². The Labute approximate surface area is 134 Å². The molecule has 1 aromatic heterocycles. The third-order valence-corrected chi connectivity index (χ3v) is 3.42. The summed E-state index contributed by atoms with van der Waals surface area (Å²) in [5, 5.41) is 3.69. The van der Waals surface area contributed by atoms with Crippen LogP contribution in [0.15, 0.2) is 36.7 Å². The number of hydrogen-bond donors (Lipinski definition) is 2. The van der Waals surface area contributed by atoms with Gasteiger partial charge >= 0.3 is 0 Å². The topological polar surface area (TPSA) is 80.9 Å². The van der Waals surface area contributed by atoms with Crippen LogP contribution < -0.4 is 11.1 Å². The van der Waals surface area contributed by atoms with Crippen molar-refractivity contribution in [3.05, 3.63) is 52.9 Å².